The molecule has 1 amide bonds. The number of sulfonamides is 1. The Hall–Kier alpha value is -2.38. The van der Waals surface area contributed by atoms with Crippen LogP contribution in [0.5, 0.6) is 0 Å². The third-order valence-electron chi connectivity index (χ3n) is 5.77. The van der Waals surface area contributed by atoms with E-state index in [0.29, 0.717) is 37.0 Å². The largest absolute Gasteiger partial charge is 0.378 e. The maximum atomic E-state index is 13.2. The van der Waals surface area contributed by atoms with Gasteiger partial charge in [-0.3, -0.25) is 4.79 Å². The summed E-state index contributed by atoms with van der Waals surface area (Å²) in [5.74, 6) is 0.454. The highest BCUT2D eigenvalue weighted by molar-refractivity contribution is 7.89. The first-order chi connectivity index (χ1) is 14.6. The molecular weight excluding hydrogens is 410 g/mol. The van der Waals surface area contributed by atoms with Crippen LogP contribution in [0.1, 0.15) is 36.2 Å². The quantitative estimate of drug-likeness (QED) is 0.683. The number of hydrogen-bond acceptors (Lipinski definition) is 4. The summed E-state index contributed by atoms with van der Waals surface area (Å²) >= 11 is 0. The maximum Gasteiger partial charge on any atom is 0.253 e. The van der Waals surface area contributed by atoms with E-state index in [1.54, 1.807) is 34.5 Å². The maximum absolute atomic E-state index is 13.2. The number of benzene rings is 2. The fourth-order valence-electron chi connectivity index (χ4n) is 4.21. The lowest BCUT2D eigenvalue weighted by Gasteiger charge is -2.34. The van der Waals surface area contributed by atoms with Crippen molar-refractivity contribution in [3.63, 3.8) is 0 Å². The Morgan fingerprint density at radius 1 is 1.00 bits per heavy atom. The molecule has 6 nitrogen and oxygen atoms in total. The number of rotatable bonds is 6. The molecule has 1 saturated heterocycles. The molecule has 0 spiro atoms. The summed E-state index contributed by atoms with van der Waals surface area (Å²) in [5, 5.41) is 0. The minimum Gasteiger partial charge on any atom is -0.378 e. The van der Waals surface area contributed by atoms with Crippen LogP contribution in [0.15, 0.2) is 53.4 Å². The lowest BCUT2D eigenvalue weighted by atomic mass is 9.94. The fourth-order valence-corrected chi connectivity index (χ4v) is 5.93. The van der Waals surface area contributed by atoms with Gasteiger partial charge in [0.25, 0.3) is 5.91 Å². The fraction of sp³-hybridized carbons (Fsp3) is 0.458. The zero-order valence-electron chi connectivity index (χ0n) is 19.1. The number of piperidine rings is 1. The molecule has 1 fully saturated rings. The number of anilines is 1. The van der Waals surface area contributed by atoms with Gasteiger partial charge >= 0.3 is 0 Å². The van der Waals surface area contributed by atoms with Gasteiger partial charge in [0, 0.05) is 52.0 Å². The van der Waals surface area contributed by atoms with Gasteiger partial charge in [0.05, 0.1) is 4.90 Å². The average Bonchev–Trinajstić information content (AvgIpc) is 2.73. The van der Waals surface area contributed by atoms with E-state index < -0.39 is 10.0 Å². The molecule has 168 valence electrons. The highest BCUT2D eigenvalue weighted by Gasteiger charge is 2.32. The molecular formula is C24H33N3O3S. The average molecular weight is 444 g/mol. The molecule has 1 aliphatic heterocycles. The molecule has 0 radical (unpaired) electrons. The first-order valence-corrected chi connectivity index (χ1v) is 12.1. The van der Waals surface area contributed by atoms with Crippen molar-refractivity contribution in [2.75, 3.05) is 39.1 Å². The van der Waals surface area contributed by atoms with Crippen LogP contribution >= 0.6 is 0 Å². The van der Waals surface area contributed by atoms with Crippen molar-refractivity contribution in [3.05, 3.63) is 59.7 Å². The molecule has 2 atom stereocenters. The van der Waals surface area contributed by atoms with E-state index in [4.69, 9.17) is 0 Å². The summed E-state index contributed by atoms with van der Waals surface area (Å²) in [5.41, 5.74) is 2.49. The molecule has 7 heteroatoms. The molecule has 0 N–H and O–H groups in total. The second kappa shape index (κ2) is 9.40. The molecule has 1 aliphatic rings. The Balaban J connectivity index is 1.76. The van der Waals surface area contributed by atoms with Crippen LogP contribution in [-0.2, 0) is 16.6 Å². The number of amides is 1. The summed E-state index contributed by atoms with van der Waals surface area (Å²) in [6.45, 7) is 5.66. The van der Waals surface area contributed by atoms with Crippen LogP contribution < -0.4 is 4.90 Å². The first kappa shape index (κ1) is 23.3. The molecule has 0 aromatic heterocycles. The normalized spacial score (nSPS) is 19.8. The predicted octanol–water partition coefficient (Wildman–Crippen LogP) is 3.69. The Bertz CT molecular complexity index is 1010. The van der Waals surface area contributed by atoms with Gasteiger partial charge in [0.1, 0.15) is 0 Å². The third kappa shape index (κ3) is 5.46. The number of hydrogen-bond donors (Lipinski definition) is 0. The van der Waals surface area contributed by atoms with E-state index in [1.165, 1.54) is 6.07 Å². The smallest absolute Gasteiger partial charge is 0.253 e. The molecule has 31 heavy (non-hydrogen) atoms. The Morgan fingerprint density at radius 3 is 2.19 bits per heavy atom. The van der Waals surface area contributed by atoms with Crippen molar-refractivity contribution in [1.82, 2.24) is 9.21 Å². The minimum atomic E-state index is -3.62. The molecule has 2 aromatic rings. The van der Waals surface area contributed by atoms with E-state index in [2.05, 4.69) is 13.8 Å². The Kier molecular flexibility index (Phi) is 7.06. The number of nitrogens with zero attached hydrogens (tertiary/aromatic N) is 3. The van der Waals surface area contributed by atoms with Crippen molar-refractivity contribution in [2.24, 2.45) is 11.8 Å². The zero-order chi connectivity index (χ0) is 22.8. The first-order valence-electron chi connectivity index (χ1n) is 10.7. The van der Waals surface area contributed by atoms with Crippen LogP contribution in [0.4, 0.5) is 5.69 Å². The Morgan fingerprint density at radius 2 is 1.61 bits per heavy atom. The van der Waals surface area contributed by atoms with Gasteiger partial charge in [-0.2, -0.15) is 4.31 Å². The van der Waals surface area contributed by atoms with Gasteiger partial charge < -0.3 is 9.80 Å². The third-order valence-corrected chi connectivity index (χ3v) is 7.60. The van der Waals surface area contributed by atoms with Crippen molar-refractivity contribution in [1.29, 1.82) is 0 Å². The summed E-state index contributed by atoms with van der Waals surface area (Å²) in [7, 11) is 2.08. The van der Waals surface area contributed by atoms with E-state index in [-0.39, 0.29) is 10.8 Å². The van der Waals surface area contributed by atoms with Crippen LogP contribution in [0.2, 0.25) is 0 Å². The molecule has 2 unspecified atom stereocenters. The summed E-state index contributed by atoms with van der Waals surface area (Å²) in [6.07, 6.45) is 1.03. The molecule has 3 rings (SSSR count). The van der Waals surface area contributed by atoms with Gasteiger partial charge in [0.2, 0.25) is 10.0 Å². The lowest BCUT2D eigenvalue weighted by molar-refractivity contribution is 0.0785. The van der Waals surface area contributed by atoms with Gasteiger partial charge in [0.15, 0.2) is 0 Å². The summed E-state index contributed by atoms with van der Waals surface area (Å²) in [6, 6.07) is 14.4. The van der Waals surface area contributed by atoms with Crippen LogP contribution in [0, 0.1) is 11.8 Å². The molecule has 2 aromatic carbocycles. The van der Waals surface area contributed by atoms with Crippen LogP contribution in [0.25, 0.3) is 0 Å². The second-order valence-corrected chi connectivity index (χ2v) is 11.0. The SMILES string of the molecule is CC1CC(C)CN(S(=O)(=O)c2cccc(C(=O)N(C)Cc3ccc(N(C)C)cc3)c2)C1. The van der Waals surface area contributed by atoms with E-state index >= 15 is 0 Å². The van der Waals surface area contributed by atoms with Crippen molar-refractivity contribution < 1.29 is 13.2 Å². The predicted molar refractivity (Wildman–Crippen MR) is 125 cm³/mol. The lowest BCUT2D eigenvalue weighted by Crippen LogP contribution is -2.42. The van der Waals surface area contributed by atoms with Crippen molar-refractivity contribution in [2.45, 2.75) is 31.7 Å². The topological polar surface area (TPSA) is 60.9 Å². The van der Waals surface area contributed by atoms with Gasteiger partial charge in [-0.25, -0.2) is 8.42 Å². The molecule has 1 heterocycles. The highest BCUT2D eigenvalue weighted by Crippen LogP contribution is 2.27. The highest BCUT2D eigenvalue weighted by atomic mass is 32.2. The molecule has 0 bridgehead atoms. The van der Waals surface area contributed by atoms with Gasteiger partial charge in [-0.1, -0.05) is 32.0 Å². The minimum absolute atomic E-state index is 0.184. The second-order valence-electron chi connectivity index (χ2n) is 9.02. The van der Waals surface area contributed by atoms with Crippen molar-refractivity contribution >= 4 is 21.6 Å². The van der Waals surface area contributed by atoms with Crippen LogP contribution in [-0.4, -0.2) is 57.8 Å². The monoisotopic (exact) mass is 443 g/mol. The van der Waals surface area contributed by atoms with E-state index in [0.717, 1.165) is 17.7 Å². The zero-order valence-corrected chi connectivity index (χ0v) is 19.9. The standard InChI is InChI=1S/C24H33N3O3S/c1-18-13-19(2)16-27(15-18)31(29,30)23-8-6-7-21(14-23)24(28)26(5)17-20-9-11-22(12-10-20)25(3)4/h6-12,14,18-19H,13,15-17H2,1-5H3. The van der Waals surface area contributed by atoms with E-state index in [1.807, 2.05) is 43.3 Å². The van der Waals surface area contributed by atoms with E-state index in [9.17, 15) is 13.2 Å². The van der Waals surface area contributed by atoms with Crippen molar-refractivity contribution in [3.8, 4) is 0 Å². The van der Waals surface area contributed by atoms with Gasteiger partial charge in [-0.15, -0.1) is 0 Å². The van der Waals surface area contributed by atoms with Gasteiger partial charge in [-0.05, 0) is 54.2 Å². The Labute approximate surface area is 186 Å². The number of carbonyl (C=O) groups excluding carboxylic acids is 1. The number of carbonyl (C=O) groups is 1. The molecule has 0 aliphatic carbocycles. The summed E-state index contributed by atoms with van der Waals surface area (Å²) in [4.78, 5) is 16.8. The summed E-state index contributed by atoms with van der Waals surface area (Å²) < 4.78 is 28.0. The molecule has 0 saturated carbocycles. The van der Waals surface area contributed by atoms with Crippen LogP contribution in [0.3, 0.4) is 0 Å².